The molecule has 0 aliphatic rings. The fourth-order valence-electron chi connectivity index (χ4n) is 2.72. The summed E-state index contributed by atoms with van der Waals surface area (Å²) in [5.74, 6) is 0. The first kappa shape index (κ1) is 14.3. The molecule has 2 aromatic carbocycles. The van der Waals surface area contributed by atoms with Gasteiger partial charge in [-0.05, 0) is 65.8 Å². The SMILES string of the molecule is CCc1cccc(C)c1-c1cc(CC=O)c(N)cc1C. The average molecular weight is 267 g/mol. The van der Waals surface area contributed by atoms with Crippen molar-refractivity contribution in [2.24, 2.45) is 0 Å². The molecule has 2 N–H and O–H groups in total. The van der Waals surface area contributed by atoms with E-state index in [0.717, 1.165) is 23.8 Å². The van der Waals surface area contributed by atoms with Gasteiger partial charge in [0.15, 0.2) is 0 Å². The number of aldehydes is 1. The largest absolute Gasteiger partial charge is 0.398 e. The molecule has 0 amide bonds. The minimum Gasteiger partial charge on any atom is -0.398 e. The molecule has 0 unspecified atom stereocenters. The van der Waals surface area contributed by atoms with E-state index in [4.69, 9.17) is 5.73 Å². The molecule has 0 aliphatic heterocycles. The number of hydrogen-bond acceptors (Lipinski definition) is 2. The fourth-order valence-corrected chi connectivity index (χ4v) is 2.72. The van der Waals surface area contributed by atoms with Crippen LogP contribution in [0.15, 0.2) is 30.3 Å². The van der Waals surface area contributed by atoms with Gasteiger partial charge < -0.3 is 10.5 Å². The van der Waals surface area contributed by atoms with Crippen molar-refractivity contribution in [3.8, 4) is 11.1 Å². The van der Waals surface area contributed by atoms with E-state index in [1.165, 1.54) is 22.3 Å². The van der Waals surface area contributed by atoms with E-state index in [-0.39, 0.29) is 0 Å². The van der Waals surface area contributed by atoms with Crippen LogP contribution >= 0.6 is 0 Å². The molecular formula is C18H21NO. The van der Waals surface area contributed by atoms with Crippen molar-refractivity contribution in [3.63, 3.8) is 0 Å². The van der Waals surface area contributed by atoms with E-state index in [0.29, 0.717) is 12.1 Å². The summed E-state index contributed by atoms with van der Waals surface area (Å²) in [6.07, 6.45) is 2.26. The van der Waals surface area contributed by atoms with Crippen molar-refractivity contribution in [1.82, 2.24) is 0 Å². The van der Waals surface area contributed by atoms with Crippen LogP contribution in [0.4, 0.5) is 5.69 Å². The Kier molecular flexibility index (Phi) is 4.23. The second-order valence-electron chi connectivity index (χ2n) is 5.20. The molecule has 2 heteroatoms. The maximum Gasteiger partial charge on any atom is 0.124 e. The summed E-state index contributed by atoms with van der Waals surface area (Å²) in [6, 6.07) is 10.4. The molecule has 0 saturated carbocycles. The van der Waals surface area contributed by atoms with Crippen LogP contribution in [0.2, 0.25) is 0 Å². The van der Waals surface area contributed by atoms with Gasteiger partial charge >= 0.3 is 0 Å². The lowest BCUT2D eigenvalue weighted by Crippen LogP contribution is -2.00. The van der Waals surface area contributed by atoms with Crippen LogP contribution in [-0.2, 0) is 17.6 Å². The third-order valence-corrected chi connectivity index (χ3v) is 3.80. The van der Waals surface area contributed by atoms with Gasteiger partial charge in [0.2, 0.25) is 0 Å². The van der Waals surface area contributed by atoms with Gasteiger partial charge in [-0.3, -0.25) is 0 Å². The first-order chi connectivity index (χ1) is 9.58. The first-order valence-electron chi connectivity index (χ1n) is 7.00. The average Bonchev–Trinajstić information content (AvgIpc) is 2.42. The molecule has 2 aromatic rings. The zero-order valence-electron chi connectivity index (χ0n) is 12.4. The molecule has 0 spiro atoms. The summed E-state index contributed by atoms with van der Waals surface area (Å²) >= 11 is 0. The summed E-state index contributed by atoms with van der Waals surface area (Å²) in [4.78, 5) is 10.8. The Labute approximate surface area is 120 Å². The molecular weight excluding hydrogens is 246 g/mol. The third kappa shape index (κ3) is 2.60. The van der Waals surface area contributed by atoms with E-state index < -0.39 is 0 Å². The number of nitrogen functional groups attached to an aromatic ring is 1. The maximum atomic E-state index is 10.8. The molecule has 0 bridgehead atoms. The molecule has 0 saturated heterocycles. The molecule has 0 atom stereocenters. The highest BCUT2D eigenvalue weighted by Crippen LogP contribution is 2.33. The van der Waals surface area contributed by atoms with Crippen molar-refractivity contribution < 1.29 is 4.79 Å². The smallest absolute Gasteiger partial charge is 0.124 e. The monoisotopic (exact) mass is 267 g/mol. The Balaban J connectivity index is 2.69. The van der Waals surface area contributed by atoms with Crippen LogP contribution in [0.25, 0.3) is 11.1 Å². The van der Waals surface area contributed by atoms with E-state index in [1.54, 1.807) is 0 Å². The van der Waals surface area contributed by atoms with Crippen LogP contribution < -0.4 is 5.73 Å². The quantitative estimate of drug-likeness (QED) is 0.675. The Morgan fingerprint density at radius 1 is 1.10 bits per heavy atom. The number of aryl methyl sites for hydroxylation is 3. The van der Waals surface area contributed by atoms with Gasteiger partial charge in [0.1, 0.15) is 6.29 Å². The molecule has 20 heavy (non-hydrogen) atoms. The van der Waals surface area contributed by atoms with Crippen LogP contribution in [0, 0.1) is 13.8 Å². The van der Waals surface area contributed by atoms with Crippen molar-refractivity contribution in [3.05, 3.63) is 52.6 Å². The summed E-state index contributed by atoms with van der Waals surface area (Å²) in [7, 11) is 0. The number of nitrogens with two attached hydrogens (primary N) is 1. The zero-order valence-corrected chi connectivity index (χ0v) is 12.4. The number of benzene rings is 2. The lowest BCUT2D eigenvalue weighted by molar-refractivity contribution is -0.107. The third-order valence-electron chi connectivity index (χ3n) is 3.80. The van der Waals surface area contributed by atoms with Gasteiger partial charge in [0.25, 0.3) is 0 Å². The van der Waals surface area contributed by atoms with E-state index in [9.17, 15) is 4.79 Å². The van der Waals surface area contributed by atoms with Gasteiger partial charge in [0.05, 0.1) is 0 Å². The number of carbonyl (C=O) groups is 1. The lowest BCUT2D eigenvalue weighted by atomic mass is 9.89. The maximum absolute atomic E-state index is 10.8. The van der Waals surface area contributed by atoms with Gasteiger partial charge in [-0.1, -0.05) is 25.1 Å². The van der Waals surface area contributed by atoms with Crippen LogP contribution in [0.5, 0.6) is 0 Å². The number of carbonyl (C=O) groups excluding carboxylic acids is 1. The van der Waals surface area contributed by atoms with Crippen molar-refractivity contribution in [2.45, 2.75) is 33.6 Å². The number of hydrogen-bond donors (Lipinski definition) is 1. The predicted octanol–water partition coefficient (Wildman–Crippen LogP) is 3.86. The molecule has 0 aromatic heterocycles. The number of anilines is 1. The molecule has 2 nitrogen and oxygen atoms in total. The van der Waals surface area contributed by atoms with Gasteiger partial charge in [-0.25, -0.2) is 0 Å². The van der Waals surface area contributed by atoms with E-state index in [1.807, 2.05) is 6.07 Å². The fraction of sp³-hybridized carbons (Fsp3) is 0.278. The minimum atomic E-state index is 0.368. The van der Waals surface area contributed by atoms with Crippen molar-refractivity contribution >= 4 is 12.0 Å². The minimum absolute atomic E-state index is 0.368. The predicted molar refractivity (Wildman–Crippen MR) is 84.9 cm³/mol. The molecule has 0 fully saturated rings. The highest BCUT2D eigenvalue weighted by Gasteiger charge is 2.12. The number of rotatable bonds is 4. The molecule has 0 aliphatic carbocycles. The summed E-state index contributed by atoms with van der Waals surface area (Å²) in [5.41, 5.74) is 13.8. The Morgan fingerprint density at radius 2 is 1.85 bits per heavy atom. The summed E-state index contributed by atoms with van der Waals surface area (Å²) < 4.78 is 0. The van der Waals surface area contributed by atoms with E-state index >= 15 is 0 Å². The van der Waals surface area contributed by atoms with Crippen molar-refractivity contribution in [2.75, 3.05) is 5.73 Å². The molecule has 0 radical (unpaired) electrons. The second-order valence-corrected chi connectivity index (χ2v) is 5.20. The summed E-state index contributed by atoms with van der Waals surface area (Å²) in [5, 5.41) is 0. The second kappa shape index (κ2) is 5.91. The van der Waals surface area contributed by atoms with E-state index in [2.05, 4.69) is 45.0 Å². The standard InChI is InChI=1S/C18H21NO/c1-4-14-7-5-6-12(2)18(14)16-11-15(8-9-20)17(19)10-13(16)3/h5-7,9-11H,4,8,19H2,1-3H3. The van der Waals surface area contributed by atoms with Gasteiger partial charge in [-0.15, -0.1) is 0 Å². The van der Waals surface area contributed by atoms with Crippen LogP contribution in [-0.4, -0.2) is 6.29 Å². The Morgan fingerprint density at radius 3 is 2.50 bits per heavy atom. The van der Waals surface area contributed by atoms with Crippen LogP contribution in [0.3, 0.4) is 0 Å². The summed E-state index contributed by atoms with van der Waals surface area (Å²) in [6.45, 7) is 6.36. The topological polar surface area (TPSA) is 43.1 Å². The van der Waals surface area contributed by atoms with Crippen molar-refractivity contribution in [1.29, 1.82) is 0 Å². The zero-order chi connectivity index (χ0) is 14.7. The normalized spacial score (nSPS) is 10.6. The van der Waals surface area contributed by atoms with Crippen LogP contribution in [0.1, 0.15) is 29.2 Å². The Hall–Kier alpha value is -2.09. The highest BCUT2D eigenvalue weighted by molar-refractivity contribution is 5.78. The molecule has 104 valence electrons. The Bertz CT molecular complexity index is 644. The lowest BCUT2D eigenvalue weighted by Gasteiger charge is -2.16. The van der Waals surface area contributed by atoms with Gasteiger partial charge in [0, 0.05) is 12.1 Å². The molecule has 0 heterocycles. The first-order valence-corrected chi connectivity index (χ1v) is 7.00. The highest BCUT2D eigenvalue weighted by atomic mass is 16.1. The molecule has 2 rings (SSSR count). The van der Waals surface area contributed by atoms with Gasteiger partial charge in [-0.2, -0.15) is 0 Å².